The van der Waals surface area contributed by atoms with Crippen molar-refractivity contribution in [2.75, 3.05) is 11.9 Å². The van der Waals surface area contributed by atoms with Gasteiger partial charge in [0.05, 0.1) is 6.20 Å². The predicted octanol–water partition coefficient (Wildman–Crippen LogP) is 4.26. The highest BCUT2D eigenvalue weighted by Gasteiger charge is 2.21. The van der Waals surface area contributed by atoms with E-state index in [1.807, 2.05) is 49.6 Å². The average Bonchev–Trinajstić information content (AvgIpc) is 3.27. The standard InChI is InChI=1S/C26H28N6O/c1-18-9-11-20(12-10-18)19(2)15-28-25(21-7-5-4-6-8-21)26(33)29-24-14-13-22(16-27-24)23-17-32(3)31-30-23/h4-14,16-17,19,25,28H,15H2,1-3H3,(H,27,29,33)/t19-,25+/m0/s1. The molecule has 33 heavy (non-hydrogen) atoms. The van der Waals surface area contributed by atoms with Gasteiger partial charge in [0.15, 0.2) is 0 Å². The predicted molar refractivity (Wildman–Crippen MR) is 130 cm³/mol. The number of pyridine rings is 1. The second-order valence-electron chi connectivity index (χ2n) is 8.26. The summed E-state index contributed by atoms with van der Waals surface area (Å²) in [4.78, 5) is 17.6. The molecule has 0 aliphatic rings. The summed E-state index contributed by atoms with van der Waals surface area (Å²) >= 11 is 0. The van der Waals surface area contributed by atoms with E-state index >= 15 is 0 Å². The smallest absolute Gasteiger partial charge is 0.247 e. The molecule has 2 aromatic heterocycles. The van der Waals surface area contributed by atoms with E-state index < -0.39 is 6.04 Å². The van der Waals surface area contributed by atoms with Gasteiger partial charge < -0.3 is 10.6 Å². The maximum absolute atomic E-state index is 13.2. The van der Waals surface area contributed by atoms with Crippen LogP contribution in [0.3, 0.4) is 0 Å². The Hall–Kier alpha value is -3.84. The SMILES string of the molecule is Cc1ccc([C@@H](C)CN[C@@H](C(=O)Nc2ccc(-c3cn(C)nn3)cn2)c2ccccc2)cc1. The number of anilines is 1. The van der Waals surface area contributed by atoms with Gasteiger partial charge >= 0.3 is 0 Å². The quantitative estimate of drug-likeness (QED) is 0.428. The summed E-state index contributed by atoms with van der Waals surface area (Å²) in [6.07, 6.45) is 3.50. The topological polar surface area (TPSA) is 84.7 Å². The third-order valence-electron chi connectivity index (χ3n) is 5.58. The molecule has 2 atom stereocenters. The van der Waals surface area contributed by atoms with Crippen LogP contribution in [0.2, 0.25) is 0 Å². The van der Waals surface area contributed by atoms with Crippen LogP contribution < -0.4 is 10.6 Å². The summed E-state index contributed by atoms with van der Waals surface area (Å²) in [6.45, 7) is 4.90. The van der Waals surface area contributed by atoms with Gasteiger partial charge in [-0.25, -0.2) is 4.98 Å². The third-order valence-corrected chi connectivity index (χ3v) is 5.58. The fourth-order valence-electron chi connectivity index (χ4n) is 3.61. The van der Waals surface area contributed by atoms with Crippen LogP contribution in [-0.2, 0) is 11.8 Å². The van der Waals surface area contributed by atoms with Crippen molar-refractivity contribution in [1.29, 1.82) is 0 Å². The van der Waals surface area contributed by atoms with Gasteiger partial charge in [0.1, 0.15) is 17.6 Å². The monoisotopic (exact) mass is 440 g/mol. The number of hydrogen-bond acceptors (Lipinski definition) is 5. The summed E-state index contributed by atoms with van der Waals surface area (Å²) in [5.41, 5.74) is 4.95. The van der Waals surface area contributed by atoms with Crippen LogP contribution in [0.5, 0.6) is 0 Å². The number of benzene rings is 2. The molecular formula is C26H28N6O. The molecule has 0 saturated carbocycles. The number of carbonyl (C=O) groups excluding carboxylic acids is 1. The van der Waals surface area contributed by atoms with E-state index in [9.17, 15) is 4.79 Å². The number of nitrogens with zero attached hydrogens (tertiary/aromatic N) is 4. The van der Waals surface area contributed by atoms with Crippen molar-refractivity contribution in [2.45, 2.75) is 25.8 Å². The Morgan fingerprint density at radius 3 is 2.39 bits per heavy atom. The molecule has 0 bridgehead atoms. The van der Waals surface area contributed by atoms with Gasteiger partial charge in [0.25, 0.3) is 0 Å². The Labute approximate surface area is 193 Å². The summed E-state index contributed by atoms with van der Waals surface area (Å²) in [5, 5.41) is 14.4. The molecule has 0 saturated heterocycles. The molecule has 0 unspecified atom stereocenters. The van der Waals surface area contributed by atoms with Gasteiger partial charge in [-0.05, 0) is 36.1 Å². The molecule has 2 N–H and O–H groups in total. The molecule has 0 fully saturated rings. The zero-order chi connectivity index (χ0) is 23.2. The highest BCUT2D eigenvalue weighted by Crippen LogP contribution is 2.21. The summed E-state index contributed by atoms with van der Waals surface area (Å²) in [7, 11) is 1.81. The Bertz CT molecular complexity index is 1190. The van der Waals surface area contributed by atoms with Crippen molar-refractivity contribution in [3.05, 3.63) is 95.8 Å². The van der Waals surface area contributed by atoms with Crippen LogP contribution in [-0.4, -0.2) is 32.4 Å². The first-order chi connectivity index (χ1) is 16.0. The highest BCUT2D eigenvalue weighted by atomic mass is 16.2. The minimum absolute atomic E-state index is 0.156. The molecule has 1 amide bonds. The summed E-state index contributed by atoms with van der Waals surface area (Å²) in [5.74, 6) is 0.591. The zero-order valence-corrected chi connectivity index (χ0v) is 19.1. The van der Waals surface area contributed by atoms with Gasteiger partial charge in [0.2, 0.25) is 5.91 Å². The number of aromatic nitrogens is 4. The van der Waals surface area contributed by atoms with Crippen molar-refractivity contribution in [1.82, 2.24) is 25.3 Å². The lowest BCUT2D eigenvalue weighted by molar-refractivity contribution is -0.118. The van der Waals surface area contributed by atoms with E-state index in [2.05, 4.69) is 64.0 Å². The Kier molecular flexibility index (Phi) is 6.90. The molecular weight excluding hydrogens is 412 g/mol. The second kappa shape index (κ2) is 10.2. The van der Waals surface area contributed by atoms with Crippen LogP contribution in [0.25, 0.3) is 11.3 Å². The number of carbonyl (C=O) groups is 1. The van der Waals surface area contributed by atoms with E-state index in [1.165, 1.54) is 11.1 Å². The van der Waals surface area contributed by atoms with Gasteiger partial charge in [-0.3, -0.25) is 9.48 Å². The number of hydrogen-bond donors (Lipinski definition) is 2. The maximum Gasteiger partial charge on any atom is 0.247 e. The molecule has 4 rings (SSSR count). The molecule has 2 heterocycles. The summed E-state index contributed by atoms with van der Waals surface area (Å²) < 4.78 is 1.64. The number of aryl methyl sites for hydroxylation is 2. The van der Waals surface area contributed by atoms with Gasteiger partial charge in [-0.2, -0.15) is 0 Å². The summed E-state index contributed by atoms with van der Waals surface area (Å²) in [6, 6.07) is 21.4. The largest absolute Gasteiger partial charge is 0.309 e. The van der Waals surface area contributed by atoms with Gasteiger partial charge in [-0.15, -0.1) is 5.10 Å². The van der Waals surface area contributed by atoms with E-state index in [1.54, 1.807) is 16.9 Å². The first-order valence-electron chi connectivity index (χ1n) is 11.0. The fraction of sp³-hybridized carbons (Fsp3) is 0.231. The molecule has 7 nitrogen and oxygen atoms in total. The van der Waals surface area contributed by atoms with Crippen LogP contribution in [0.15, 0.2) is 79.1 Å². The van der Waals surface area contributed by atoms with Gasteiger partial charge in [0, 0.05) is 25.4 Å². The molecule has 0 radical (unpaired) electrons. The average molecular weight is 441 g/mol. The maximum atomic E-state index is 13.2. The minimum Gasteiger partial charge on any atom is -0.309 e. The van der Waals surface area contributed by atoms with Crippen molar-refractivity contribution < 1.29 is 4.79 Å². The number of nitrogens with one attached hydrogen (secondary N) is 2. The van der Waals surface area contributed by atoms with Crippen LogP contribution in [0, 0.1) is 6.92 Å². The first kappa shape index (κ1) is 22.4. The Morgan fingerprint density at radius 2 is 1.76 bits per heavy atom. The number of amides is 1. The normalized spacial score (nSPS) is 12.8. The molecule has 2 aromatic carbocycles. The highest BCUT2D eigenvalue weighted by molar-refractivity contribution is 5.94. The van der Waals surface area contributed by atoms with E-state index in [0.29, 0.717) is 12.4 Å². The number of rotatable bonds is 8. The van der Waals surface area contributed by atoms with Crippen molar-refractivity contribution >= 4 is 11.7 Å². The zero-order valence-electron chi connectivity index (χ0n) is 19.1. The molecule has 0 aliphatic carbocycles. The Balaban J connectivity index is 1.46. The minimum atomic E-state index is -0.499. The molecule has 4 aromatic rings. The van der Waals surface area contributed by atoms with E-state index in [-0.39, 0.29) is 11.8 Å². The van der Waals surface area contributed by atoms with E-state index in [4.69, 9.17) is 0 Å². The van der Waals surface area contributed by atoms with Crippen molar-refractivity contribution in [3.63, 3.8) is 0 Å². The molecule has 0 spiro atoms. The van der Waals surface area contributed by atoms with Crippen LogP contribution in [0.1, 0.15) is 35.6 Å². The third kappa shape index (κ3) is 5.70. The second-order valence-corrected chi connectivity index (χ2v) is 8.26. The Morgan fingerprint density at radius 1 is 1.00 bits per heavy atom. The fourth-order valence-corrected chi connectivity index (χ4v) is 3.61. The lowest BCUT2D eigenvalue weighted by atomic mass is 9.98. The molecule has 168 valence electrons. The van der Waals surface area contributed by atoms with E-state index in [0.717, 1.165) is 16.8 Å². The first-order valence-corrected chi connectivity index (χ1v) is 11.0. The van der Waals surface area contributed by atoms with Crippen LogP contribution in [0.4, 0.5) is 5.82 Å². The van der Waals surface area contributed by atoms with Crippen molar-refractivity contribution in [3.8, 4) is 11.3 Å². The lowest BCUT2D eigenvalue weighted by Gasteiger charge is -2.21. The molecule has 7 heteroatoms. The van der Waals surface area contributed by atoms with Crippen molar-refractivity contribution in [2.24, 2.45) is 7.05 Å². The molecule has 0 aliphatic heterocycles. The van der Waals surface area contributed by atoms with Crippen LogP contribution >= 0.6 is 0 Å². The lowest BCUT2D eigenvalue weighted by Crippen LogP contribution is -2.35. The van der Waals surface area contributed by atoms with Gasteiger partial charge in [-0.1, -0.05) is 72.3 Å².